The third-order valence-electron chi connectivity index (χ3n) is 3.26. The monoisotopic (exact) mass is 363 g/mol. The lowest BCUT2D eigenvalue weighted by Gasteiger charge is -2.34. The van der Waals surface area contributed by atoms with Gasteiger partial charge in [0.2, 0.25) is 0 Å². The van der Waals surface area contributed by atoms with E-state index in [9.17, 15) is 8.42 Å². The Morgan fingerprint density at radius 3 is 2.50 bits per heavy atom. The summed E-state index contributed by atoms with van der Waals surface area (Å²) in [4.78, 5) is 11.2. The van der Waals surface area contributed by atoms with Crippen molar-refractivity contribution in [2.24, 2.45) is 0 Å². The summed E-state index contributed by atoms with van der Waals surface area (Å²) in [5, 5.41) is 0. The second-order valence-electron chi connectivity index (χ2n) is 4.69. The average molecular weight is 364 g/mol. The van der Waals surface area contributed by atoms with Gasteiger partial charge in [-0.05, 0) is 41.2 Å². The molecular weight excluding hydrogens is 346 g/mol. The number of halogens is 1. The molecular formula is C12H18BrN3O3S. The lowest BCUT2D eigenvalue weighted by Crippen LogP contribution is -2.44. The Morgan fingerprint density at radius 2 is 1.90 bits per heavy atom. The van der Waals surface area contributed by atoms with Crippen LogP contribution in [0.1, 0.15) is 0 Å². The number of nitrogens with one attached hydrogen (secondary N) is 1. The van der Waals surface area contributed by atoms with Gasteiger partial charge in [0, 0.05) is 30.7 Å². The van der Waals surface area contributed by atoms with Crippen molar-refractivity contribution in [1.82, 2.24) is 9.79 Å². The molecule has 0 spiro atoms. The van der Waals surface area contributed by atoms with Crippen molar-refractivity contribution >= 4 is 31.6 Å². The van der Waals surface area contributed by atoms with Gasteiger partial charge in [-0.3, -0.25) is 4.84 Å². The Labute approximate surface area is 127 Å². The number of piperazine rings is 1. The Hall–Kier alpha value is -0.670. The van der Waals surface area contributed by atoms with E-state index < -0.39 is 10.0 Å². The highest BCUT2D eigenvalue weighted by Gasteiger charge is 2.20. The molecule has 1 fully saturated rings. The summed E-state index contributed by atoms with van der Waals surface area (Å²) in [7, 11) is -0.274. The molecule has 0 atom stereocenters. The topological polar surface area (TPSA) is 61.9 Å². The molecule has 0 amide bonds. The molecule has 1 aromatic rings. The smallest absolute Gasteiger partial charge is 0.262 e. The molecule has 6 nitrogen and oxygen atoms in total. The standard InChI is InChI=1S/C12H18BrN3O3S/c1-15-5-7-16(8-6-15)12-9-10(3-4-11(12)13)20(17,18)14-19-2/h3-4,9,14H,5-8H2,1-2H3. The second-order valence-corrected chi connectivity index (χ2v) is 7.19. The van der Waals surface area contributed by atoms with Crippen LogP contribution in [0.3, 0.4) is 0 Å². The average Bonchev–Trinajstić information content (AvgIpc) is 2.40. The van der Waals surface area contributed by atoms with Crippen LogP contribution in [-0.2, 0) is 14.9 Å². The summed E-state index contributed by atoms with van der Waals surface area (Å²) in [6, 6.07) is 4.96. The number of hydrogen-bond donors (Lipinski definition) is 1. The van der Waals surface area contributed by atoms with Crippen LogP contribution in [0.25, 0.3) is 0 Å². The SMILES string of the molecule is CONS(=O)(=O)c1ccc(Br)c(N2CCN(C)CC2)c1. The molecule has 1 aliphatic rings. The quantitative estimate of drug-likeness (QED) is 0.809. The Balaban J connectivity index is 2.30. The molecule has 1 aliphatic heterocycles. The van der Waals surface area contributed by atoms with Crippen LogP contribution in [0, 0.1) is 0 Å². The highest BCUT2D eigenvalue weighted by atomic mass is 79.9. The predicted octanol–water partition coefficient (Wildman–Crippen LogP) is 1.04. The fourth-order valence-corrected chi connectivity index (χ4v) is 3.43. The lowest BCUT2D eigenvalue weighted by molar-refractivity contribution is 0.153. The van der Waals surface area contributed by atoms with Gasteiger partial charge < -0.3 is 9.80 Å². The molecule has 2 rings (SSSR count). The van der Waals surface area contributed by atoms with Crippen molar-refractivity contribution in [3.8, 4) is 0 Å². The lowest BCUT2D eigenvalue weighted by atomic mass is 10.2. The summed E-state index contributed by atoms with van der Waals surface area (Å²) in [6.45, 7) is 3.66. The Morgan fingerprint density at radius 1 is 1.25 bits per heavy atom. The van der Waals surface area contributed by atoms with E-state index in [0.717, 1.165) is 36.3 Å². The minimum absolute atomic E-state index is 0.191. The van der Waals surface area contributed by atoms with Gasteiger partial charge in [-0.25, -0.2) is 8.42 Å². The molecule has 0 unspecified atom stereocenters. The molecule has 1 aromatic carbocycles. The zero-order chi connectivity index (χ0) is 14.8. The normalized spacial score (nSPS) is 17.4. The van der Waals surface area contributed by atoms with Gasteiger partial charge >= 0.3 is 0 Å². The summed E-state index contributed by atoms with van der Waals surface area (Å²) >= 11 is 3.49. The van der Waals surface area contributed by atoms with Crippen molar-refractivity contribution in [2.45, 2.75) is 4.90 Å². The summed E-state index contributed by atoms with van der Waals surface area (Å²) in [5.74, 6) is 0. The van der Waals surface area contributed by atoms with Crippen LogP contribution >= 0.6 is 15.9 Å². The molecule has 1 heterocycles. The maximum atomic E-state index is 12.0. The van der Waals surface area contributed by atoms with E-state index >= 15 is 0 Å². The molecule has 0 bridgehead atoms. The van der Waals surface area contributed by atoms with Crippen LogP contribution in [-0.4, -0.2) is 53.7 Å². The van der Waals surface area contributed by atoms with Crippen molar-refractivity contribution in [1.29, 1.82) is 0 Å². The number of nitrogens with zero attached hydrogens (tertiary/aromatic N) is 2. The van der Waals surface area contributed by atoms with Gasteiger partial charge in [0.15, 0.2) is 0 Å². The number of benzene rings is 1. The maximum Gasteiger partial charge on any atom is 0.262 e. The number of hydrogen-bond acceptors (Lipinski definition) is 5. The number of anilines is 1. The zero-order valence-electron chi connectivity index (χ0n) is 11.5. The molecule has 0 radical (unpaired) electrons. The summed E-state index contributed by atoms with van der Waals surface area (Å²) in [5.41, 5.74) is 0.886. The third-order valence-corrected chi connectivity index (χ3v) is 5.20. The molecule has 0 aromatic heterocycles. The first kappa shape index (κ1) is 15.7. The van der Waals surface area contributed by atoms with E-state index in [4.69, 9.17) is 0 Å². The molecule has 8 heteroatoms. The maximum absolute atomic E-state index is 12.0. The highest BCUT2D eigenvalue weighted by molar-refractivity contribution is 9.10. The summed E-state index contributed by atoms with van der Waals surface area (Å²) in [6.07, 6.45) is 0. The van der Waals surface area contributed by atoms with Gasteiger partial charge in [0.05, 0.1) is 17.7 Å². The van der Waals surface area contributed by atoms with Crippen molar-refractivity contribution in [2.75, 3.05) is 45.2 Å². The van der Waals surface area contributed by atoms with Crippen LogP contribution in [0.2, 0.25) is 0 Å². The number of rotatable bonds is 4. The van der Waals surface area contributed by atoms with Gasteiger partial charge in [0.1, 0.15) is 0 Å². The largest absolute Gasteiger partial charge is 0.368 e. The van der Waals surface area contributed by atoms with Crippen LogP contribution in [0.4, 0.5) is 5.69 Å². The molecule has 0 aliphatic carbocycles. The first-order valence-corrected chi connectivity index (χ1v) is 8.49. The van der Waals surface area contributed by atoms with Crippen LogP contribution in [0.15, 0.2) is 27.6 Å². The van der Waals surface area contributed by atoms with Gasteiger partial charge in [-0.2, -0.15) is 0 Å². The molecule has 20 heavy (non-hydrogen) atoms. The minimum Gasteiger partial charge on any atom is -0.368 e. The van der Waals surface area contributed by atoms with E-state index in [-0.39, 0.29) is 4.90 Å². The van der Waals surface area contributed by atoms with Crippen molar-refractivity contribution < 1.29 is 13.3 Å². The van der Waals surface area contributed by atoms with E-state index in [1.807, 2.05) is 4.89 Å². The van der Waals surface area contributed by atoms with Crippen LogP contribution < -0.4 is 9.79 Å². The van der Waals surface area contributed by atoms with Gasteiger partial charge in [0.25, 0.3) is 10.0 Å². The van der Waals surface area contributed by atoms with Gasteiger partial charge in [-0.15, -0.1) is 0 Å². The zero-order valence-corrected chi connectivity index (χ0v) is 13.9. The minimum atomic E-state index is -3.63. The molecule has 0 saturated carbocycles. The van der Waals surface area contributed by atoms with Crippen molar-refractivity contribution in [3.05, 3.63) is 22.7 Å². The Bertz CT molecular complexity index is 571. The molecule has 1 saturated heterocycles. The first-order valence-electron chi connectivity index (χ1n) is 6.22. The Kier molecular flexibility index (Phi) is 5.03. The fourth-order valence-electron chi connectivity index (χ4n) is 2.11. The van der Waals surface area contributed by atoms with E-state index in [1.54, 1.807) is 18.2 Å². The first-order chi connectivity index (χ1) is 9.44. The predicted molar refractivity (Wildman–Crippen MR) is 81.2 cm³/mol. The third kappa shape index (κ3) is 3.50. The summed E-state index contributed by atoms with van der Waals surface area (Å²) < 4.78 is 24.8. The van der Waals surface area contributed by atoms with Gasteiger partial charge in [-0.1, -0.05) is 4.89 Å². The van der Waals surface area contributed by atoms with E-state index in [0.29, 0.717) is 0 Å². The van der Waals surface area contributed by atoms with E-state index in [1.165, 1.54) is 7.11 Å². The molecule has 112 valence electrons. The molecule has 1 N–H and O–H groups in total. The van der Waals surface area contributed by atoms with E-state index in [2.05, 4.69) is 37.6 Å². The number of likely N-dealkylation sites (N-methyl/N-ethyl adjacent to an activating group) is 1. The number of sulfonamides is 1. The second kappa shape index (κ2) is 6.40. The van der Waals surface area contributed by atoms with Crippen LogP contribution in [0.5, 0.6) is 0 Å². The highest BCUT2D eigenvalue weighted by Crippen LogP contribution is 2.29. The van der Waals surface area contributed by atoms with Crippen molar-refractivity contribution in [3.63, 3.8) is 0 Å². The fraction of sp³-hybridized carbons (Fsp3) is 0.500.